The maximum Gasteiger partial charge on any atom is 0.0506 e. The molecular formula is C58H74N2S2. The summed E-state index contributed by atoms with van der Waals surface area (Å²) in [6.45, 7) is 29.0. The van der Waals surface area contributed by atoms with E-state index in [-0.39, 0.29) is 6.04 Å². The molecule has 2 aromatic carbocycles. The number of aryl methyl sites for hydroxylation is 1. The molecular weight excluding hydrogens is 789 g/mol. The van der Waals surface area contributed by atoms with Gasteiger partial charge in [0.1, 0.15) is 0 Å². The van der Waals surface area contributed by atoms with Gasteiger partial charge >= 0.3 is 0 Å². The molecule has 5 aliphatic rings. The Morgan fingerprint density at radius 1 is 0.677 bits per heavy atom. The first kappa shape index (κ1) is 48.8. The third-order valence-corrected chi connectivity index (χ3v) is 13.7. The first-order valence-corrected chi connectivity index (χ1v) is 25.1. The van der Waals surface area contributed by atoms with Gasteiger partial charge in [0.15, 0.2) is 0 Å². The van der Waals surface area contributed by atoms with Crippen LogP contribution in [-0.4, -0.2) is 28.2 Å². The zero-order chi connectivity index (χ0) is 45.1. The first-order valence-electron chi connectivity index (χ1n) is 23.4. The van der Waals surface area contributed by atoms with Crippen molar-refractivity contribution in [2.45, 2.75) is 144 Å². The molecule has 1 fully saturated rings. The van der Waals surface area contributed by atoms with Gasteiger partial charge in [-0.25, -0.2) is 0 Å². The summed E-state index contributed by atoms with van der Waals surface area (Å²) < 4.78 is 0. The molecule has 3 heterocycles. The van der Waals surface area contributed by atoms with Crippen molar-refractivity contribution in [3.63, 3.8) is 0 Å². The Kier molecular flexibility index (Phi) is 18.0. The standard InChI is InChI=1S/C54H62N2S2.2C2H6/c1-34(2)56-49-32-33-50(56)54(44-22-26-45(57)27-23-44)48-31-30-47(55-48)52(42-20-12-36(4)13-21-42)39(7)16-14-37(5)51(41-18-10-35(3)11-19-41)38(6)15-17-40(8)53(49)43-24-28-46(58-9)29-25-43;2*1-2/h10,12-14,16,18-28,34-35,46,57H,8,11,15,17,29-33H2,1-7,9H3;2*1-2H3/b37-14+,39-16+,51-38-,52-47+,53-49+,54-50-;;. The molecule has 62 heavy (non-hydrogen) atoms. The highest BCUT2D eigenvalue weighted by Crippen LogP contribution is 2.46. The Bertz CT molecular complexity index is 2300. The SMILES string of the molecule is C=C1CC/C(C)=C(C2=CCC(C)C=C2)/C(C)=C/C=C(C)/C(c2ccc(C)cc2)=C2/CCC(=N2)/C(c2ccc(S)cc2)=C2/CC/C(=C/1C1=CCC(SC)C=C1)N2C(C)C.CC.CC. The van der Waals surface area contributed by atoms with Gasteiger partial charge in [-0.15, -0.1) is 12.6 Å². The van der Waals surface area contributed by atoms with E-state index < -0.39 is 0 Å². The molecule has 3 aliphatic heterocycles. The second-order valence-electron chi connectivity index (χ2n) is 17.1. The van der Waals surface area contributed by atoms with Gasteiger partial charge in [0.2, 0.25) is 0 Å². The van der Waals surface area contributed by atoms with Crippen LogP contribution in [0.2, 0.25) is 0 Å². The predicted molar refractivity (Wildman–Crippen MR) is 280 cm³/mol. The van der Waals surface area contributed by atoms with E-state index in [4.69, 9.17) is 24.2 Å². The third kappa shape index (κ3) is 11.3. The summed E-state index contributed by atoms with van der Waals surface area (Å²) in [4.78, 5) is 9.32. The summed E-state index contributed by atoms with van der Waals surface area (Å²) in [7, 11) is 0. The molecule has 2 aromatic rings. The molecule has 2 unspecified atom stereocenters. The van der Waals surface area contributed by atoms with Gasteiger partial charge in [0.05, 0.1) is 5.71 Å². The third-order valence-electron chi connectivity index (χ3n) is 12.4. The van der Waals surface area contributed by atoms with Crippen molar-refractivity contribution in [3.8, 4) is 0 Å². The van der Waals surface area contributed by atoms with Gasteiger partial charge < -0.3 is 4.90 Å². The second-order valence-corrected chi connectivity index (χ2v) is 18.7. The molecule has 7 rings (SSSR count). The Labute approximate surface area is 387 Å². The zero-order valence-electron chi connectivity index (χ0n) is 40.1. The van der Waals surface area contributed by atoms with E-state index in [1.807, 2.05) is 39.5 Å². The summed E-state index contributed by atoms with van der Waals surface area (Å²) >= 11 is 6.63. The molecule has 2 atom stereocenters. The average Bonchev–Trinajstić information content (AvgIpc) is 3.94. The lowest BCUT2D eigenvalue weighted by molar-refractivity contribution is 0.376. The van der Waals surface area contributed by atoms with Gasteiger partial charge in [-0.05, 0) is 162 Å². The number of hydrogen-bond donors (Lipinski definition) is 1. The van der Waals surface area contributed by atoms with Crippen molar-refractivity contribution in [3.05, 3.63) is 182 Å². The van der Waals surface area contributed by atoms with Gasteiger partial charge in [-0.3, -0.25) is 4.99 Å². The molecule has 4 heteroatoms. The van der Waals surface area contributed by atoms with Gasteiger partial charge in [0.25, 0.3) is 0 Å². The number of aliphatic imine (C=N–C) groups is 1. The molecule has 4 bridgehead atoms. The number of rotatable bonds is 6. The maximum absolute atomic E-state index is 5.69. The number of thioether (sulfide) groups is 1. The van der Waals surface area contributed by atoms with E-state index >= 15 is 0 Å². The zero-order valence-corrected chi connectivity index (χ0v) is 41.8. The van der Waals surface area contributed by atoms with Crippen LogP contribution in [0.3, 0.4) is 0 Å². The number of thiol groups is 1. The number of fused-ring (bicyclic) bond motifs is 3. The highest BCUT2D eigenvalue weighted by atomic mass is 32.2. The Morgan fingerprint density at radius 3 is 1.82 bits per heavy atom. The van der Waals surface area contributed by atoms with Crippen molar-refractivity contribution >= 4 is 41.2 Å². The lowest BCUT2D eigenvalue weighted by atomic mass is 9.85. The van der Waals surface area contributed by atoms with Crippen LogP contribution < -0.4 is 0 Å². The van der Waals surface area contributed by atoms with E-state index in [1.54, 1.807) is 0 Å². The molecule has 2 aliphatic carbocycles. The molecule has 2 nitrogen and oxygen atoms in total. The maximum atomic E-state index is 5.69. The number of benzene rings is 2. The van der Waals surface area contributed by atoms with Crippen LogP contribution in [0.15, 0.2) is 175 Å². The number of hydrogen-bond acceptors (Lipinski definition) is 4. The Morgan fingerprint density at radius 2 is 1.24 bits per heavy atom. The van der Waals surface area contributed by atoms with Gasteiger partial charge in [0, 0.05) is 50.0 Å². The fourth-order valence-electron chi connectivity index (χ4n) is 9.36. The molecule has 0 spiro atoms. The summed E-state index contributed by atoms with van der Waals surface area (Å²) in [6.07, 6.45) is 29.1. The topological polar surface area (TPSA) is 15.6 Å². The molecule has 0 N–H and O–H groups in total. The number of nitrogens with zero attached hydrogens (tertiary/aromatic N) is 2. The second kappa shape index (κ2) is 22.9. The predicted octanol–water partition coefficient (Wildman–Crippen LogP) is 17.2. The lowest BCUT2D eigenvalue weighted by Crippen LogP contribution is -2.28. The van der Waals surface area contributed by atoms with E-state index in [0.717, 1.165) is 56.3 Å². The largest absolute Gasteiger partial charge is 0.345 e. The quantitative estimate of drug-likeness (QED) is 0.291. The lowest BCUT2D eigenvalue weighted by Gasteiger charge is -2.32. The van der Waals surface area contributed by atoms with Crippen molar-refractivity contribution in [1.82, 2.24) is 4.90 Å². The average molecular weight is 863 g/mol. The molecule has 0 radical (unpaired) electrons. The van der Waals surface area contributed by atoms with Crippen LogP contribution in [0.25, 0.3) is 11.1 Å². The molecule has 328 valence electrons. The Balaban J connectivity index is 0.00000176. The summed E-state index contributed by atoms with van der Waals surface area (Å²) in [5.74, 6) is 0.560. The fraction of sp³-hybridized carbons (Fsp3) is 0.397. The summed E-state index contributed by atoms with van der Waals surface area (Å²) in [6, 6.07) is 18.0. The van der Waals surface area contributed by atoms with Crippen molar-refractivity contribution in [2.24, 2.45) is 10.9 Å². The minimum atomic E-state index is 0.255. The normalized spacial score (nSPS) is 27.4. The van der Waals surface area contributed by atoms with Crippen molar-refractivity contribution in [2.75, 3.05) is 6.26 Å². The van der Waals surface area contributed by atoms with Crippen LogP contribution >= 0.6 is 24.4 Å². The van der Waals surface area contributed by atoms with Crippen LogP contribution in [-0.2, 0) is 0 Å². The molecule has 0 saturated carbocycles. The van der Waals surface area contributed by atoms with Crippen LogP contribution in [0, 0.1) is 12.8 Å². The first-order chi connectivity index (χ1) is 29.9. The molecule has 0 aromatic heterocycles. The van der Waals surface area contributed by atoms with E-state index in [1.165, 1.54) is 95.2 Å². The van der Waals surface area contributed by atoms with Crippen molar-refractivity contribution < 1.29 is 0 Å². The monoisotopic (exact) mass is 863 g/mol. The van der Waals surface area contributed by atoms with Crippen LogP contribution in [0.1, 0.15) is 137 Å². The van der Waals surface area contributed by atoms with Crippen LogP contribution in [0.4, 0.5) is 0 Å². The van der Waals surface area contributed by atoms with E-state index in [2.05, 4.69) is 157 Å². The molecule has 1 saturated heterocycles. The highest BCUT2D eigenvalue weighted by Gasteiger charge is 2.34. The molecule has 0 amide bonds. The van der Waals surface area contributed by atoms with E-state index in [9.17, 15) is 0 Å². The fourth-order valence-corrected chi connectivity index (χ4v) is 10.0. The van der Waals surface area contributed by atoms with Crippen molar-refractivity contribution in [1.29, 1.82) is 0 Å². The van der Waals surface area contributed by atoms with Gasteiger partial charge in [-0.2, -0.15) is 11.8 Å². The number of allylic oxidation sites excluding steroid dienone is 20. The highest BCUT2D eigenvalue weighted by molar-refractivity contribution is 7.99. The Hall–Kier alpha value is -4.25. The van der Waals surface area contributed by atoms with Gasteiger partial charge in [-0.1, -0.05) is 137 Å². The van der Waals surface area contributed by atoms with E-state index in [0.29, 0.717) is 11.2 Å². The smallest absolute Gasteiger partial charge is 0.0506 e. The summed E-state index contributed by atoms with van der Waals surface area (Å²) in [5.41, 5.74) is 21.9. The minimum absolute atomic E-state index is 0.255. The van der Waals surface area contributed by atoms with Crippen LogP contribution in [0.5, 0.6) is 0 Å². The minimum Gasteiger partial charge on any atom is -0.345 e. The summed E-state index contributed by atoms with van der Waals surface area (Å²) in [5, 5.41) is 0.510.